The summed E-state index contributed by atoms with van der Waals surface area (Å²) < 4.78 is 11.5. The number of piperidine rings is 1. The van der Waals surface area contributed by atoms with Crippen molar-refractivity contribution in [2.24, 2.45) is 0 Å². The number of aromatic hydroxyl groups is 1. The van der Waals surface area contributed by atoms with Crippen LogP contribution in [0.3, 0.4) is 0 Å². The Bertz CT molecular complexity index is 922. The average Bonchev–Trinajstić information content (AvgIpc) is 2.84. The molecule has 1 saturated heterocycles. The van der Waals surface area contributed by atoms with E-state index in [2.05, 4.69) is 10.3 Å². The maximum Gasteiger partial charge on any atom is 0.255 e. The van der Waals surface area contributed by atoms with Gasteiger partial charge in [0.2, 0.25) is 0 Å². The fraction of sp³-hybridized carbons (Fsp3) is 0.350. The van der Waals surface area contributed by atoms with Crippen LogP contribution in [0.15, 0.2) is 36.7 Å². The molecule has 4 rings (SSSR count). The predicted molar refractivity (Wildman–Crippen MR) is 99.7 cm³/mol. The number of aromatic nitrogens is 1. The van der Waals surface area contributed by atoms with Gasteiger partial charge in [0, 0.05) is 38.2 Å². The number of rotatable bonds is 2. The number of pyridine rings is 1. The summed E-state index contributed by atoms with van der Waals surface area (Å²) in [5.41, 5.74) is 0.240. The number of likely N-dealkylation sites (tertiary alicyclic amines) is 1. The van der Waals surface area contributed by atoms with Gasteiger partial charge in [0.15, 0.2) is 0 Å². The minimum Gasteiger partial charge on any atom is -0.506 e. The molecule has 2 aliphatic heterocycles. The van der Waals surface area contributed by atoms with Crippen molar-refractivity contribution in [2.75, 3.05) is 26.7 Å². The molecule has 2 amide bonds. The Labute approximate surface area is 162 Å². The van der Waals surface area contributed by atoms with E-state index in [4.69, 9.17) is 9.47 Å². The average molecular weight is 383 g/mol. The van der Waals surface area contributed by atoms with Crippen LogP contribution in [-0.4, -0.2) is 59.1 Å². The minimum absolute atomic E-state index is 0.0419. The molecular formula is C20H21N3O5. The number of methoxy groups -OCH3 is 1. The van der Waals surface area contributed by atoms with Gasteiger partial charge in [-0.25, -0.2) is 0 Å². The van der Waals surface area contributed by atoms with Crippen molar-refractivity contribution >= 4 is 11.8 Å². The van der Waals surface area contributed by atoms with Gasteiger partial charge in [-0.05, 0) is 18.2 Å². The molecule has 1 aromatic carbocycles. The van der Waals surface area contributed by atoms with Gasteiger partial charge in [0.25, 0.3) is 11.8 Å². The zero-order valence-electron chi connectivity index (χ0n) is 15.5. The van der Waals surface area contributed by atoms with E-state index in [1.165, 1.54) is 18.5 Å². The quantitative estimate of drug-likeness (QED) is 0.817. The van der Waals surface area contributed by atoms with Gasteiger partial charge in [0.1, 0.15) is 22.8 Å². The van der Waals surface area contributed by atoms with Gasteiger partial charge in [-0.1, -0.05) is 0 Å². The first-order valence-electron chi connectivity index (χ1n) is 9.08. The van der Waals surface area contributed by atoms with Crippen molar-refractivity contribution < 1.29 is 24.2 Å². The molecule has 2 N–H and O–H groups in total. The number of nitrogens with zero attached hydrogens (tertiary/aromatic N) is 2. The number of benzene rings is 1. The van der Waals surface area contributed by atoms with Gasteiger partial charge in [-0.2, -0.15) is 0 Å². The molecule has 146 valence electrons. The Morgan fingerprint density at radius 3 is 2.79 bits per heavy atom. The Hall–Kier alpha value is -3.29. The predicted octanol–water partition coefficient (Wildman–Crippen LogP) is 1.59. The summed E-state index contributed by atoms with van der Waals surface area (Å²) in [6.45, 7) is 1.33. The van der Waals surface area contributed by atoms with Crippen molar-refractivity contribution in [3.63, 3.8) is 0 Å². The summed E-state index contributed by atoms with van der Waals surface area (Å²) in [6, 6.07) is 6.54. The number of carbonyl (C=O) groups is 2. The molecule has 1 aromatic heterocycles. The first kappa shape index (κ1) is 18.1. The molecule has 0 aliphatic carbocycles. The second-order valence-corrected chi connectivity index (χ2v) is 7.05. The summed E-state index contributed by atoms with van der Waals surface area (Å²) in [5, 5.41) is 12.5. The second-order valence-electron chi connectivity index (χ2n) is 7.05. The number of hydrogen-bond acceptors (Lipinski definition) is 6. The molecule has 2 aliphatic rings. The second kappa shape index (κ2) is 7.03. The molecule has 2 aromatic rings. The molecule has 28 heavy (non-hydrogen) atoms. The third-order valence-corrected chi connectivity index (χ3v) is 5.26. The lowest BCUT2D eigenvalue weighted by molar-refractivity contribution is 0.00759. The number of nitrogens with one attached hydrogen (secondary N) is 1. The monoisotopic (exact) mass is 383 g/mol. The summed E-state index contributed by atoms with van der Waals surface area (Å²) in [6.07, 6.45) is 3.87. The van der Waals surface area contributed by atoms with Gasteiger partial charge < -0.3 is 24.8 Å². The van der Waals surface area contributed by atoms with E-state index in [1.807, 2.05) is 0 Å². The number of carbonyl (C=O) groups excluding carboxylic acids is 2. The van der Waals surface area contributed by atoms with Gasteiger partial charge in [-0.3, -0.25) is 14.6 Å². The van der Waals surface area contributed by atoms with Crippen molar-refractivity contribution in [3.05, 3.63) is 47.8 Å². The largest absolute Gasteiger partial charge is 0.506 e. The lowest BCUT2D eigenvalue weighted by Gasteiger charge is -2.41. The van der Waals surface area contributed by atoms with E-state index >= 15 is 0 Å². The number of ether oxygens (including phenoxy) is 2. The van der Waals surface area contributed by atoms with E-state index in [-0.39, 0.29) is 17.6 Å². The molecular weight excluding hydrogens is 362 g/mol. The molecule has 0 unspecified atom stereocenters. The molecule has 0 saturated carbocycles. The fourth-order valence-corrected chi connectivity index (χ4v) is 3.63. The van der Waals surface area contributed by atoms with Gasteiger partial charge >= 0.3 is 0 Å². The van der Waals surface area contributed by atoms with Crippen molar-refractivity contribution in [1.82, 2.24) is 15.2 Å². The lowest BCUT2D eigenvalue weighted by atomic mass is 9.90. The van der Waals surface area contributed by atoms with Crippen LogP contribution in [0.2, 0.25) is 0 Å². The third kappa shape index (κ3) is 3.33. The maximum absolute atomic E-state index is 12.7. The number of hydrogen-bond donors (Lipinski definition) is 2. The van der Waals surface area contributed by atoms with Crippen molar-refractivity contribution in [3.8, 4) is 17.2 Å². The molecule has 8 heteroatoms. The normalized spacial score (nSPS) is 17.9. The van der Waals surface area contributed by atoms with Crippen LogP contribution in [0, 0.1) is 0 Å². The summed E-state index contributed by atoms with van der Waals surface area (Å²) in [5.74, 6) is 0.704. The highest BCUT2D eigenvalue weighted by molar-refractivity contribution is 5.97. The van der Waals surface area contributed by atoms with E-state index in [0.29, 0.717) is 55.1 Å². The Morgan fingerprint density at radius 1 is 1.29 bits per heavy atom. The minimum atomic E-state index is -0.582. The first-order chi connectivity index (χ1) is 13.5. The lowest BCUT2D eigenvalue weighted by Crippen LogP contribution is -2.54. The summed E-state index contributed by atoms with van der Waals surface area (Å²) in [7, 11) is 1.56. The highest BCUT2D eigenvalue weighted by Crippen LogP contribution is 2.35. The smallest absolute Gasteiger partial charge is 0.255 e. The number of fused-ring (bicyclic) bond motifs is 1. The van der Waals surface area contributed by atoms with E-state index < -0.39 is 5.60 Å². The van der Waals surface area contributed by atoms with E-state index in [1.54, 1.807) is 30.2 Å². The Morgan fingerprint density at radius 2 is 2.07 bits per heavy atom. The van der Waals surface area contributed by atoms with Crippen LogP contribution in [0.1, 0.15) is 33.6 Å². The van der Waals surface area contributed by atoms with E-state index in [9.17, 15) is 14.7 Å². The van der Waals surface area contributed by atoms with E-state index in [0.717, 1.165) is 0 Å². The molecule has 8 nitrogen and oxygen atoms in total. The van der Waals surface area contributed by atoms with Gasteiger partial charge in [0.05, 0.1) is 31.0 Å². The summed E-state index contributed by atoms with van der Waals surface area (Å²) >= 11 is 0. The van der Waals surface area contributed by atoms with Crippen molar-refractivity contribution in [1.29, 1.82) is 0 Å². The van der Waals surface area contributed by atoms with Crippen LogP contribution in [0.4, 0.5) is 0 Å². The molecule has 1 spiro atoms. The Kier molecular flexibility index (Phi) is 4.54. The maximum atomic E-state index is 12.7. The van der Waals surface area contributed by atoms with Crippen LogP contribution in [0.25, 0.3) is 0 Å². The third-order valence-electron chi connectivity index (χ3n) is 5.26. The zero-order valence-corrected chi connectivity index (χ0v) is 15.5. The topological polar surface area (TPSA) is 101 Å². The molecule has 0 atom stereocenters. The van der Waals surface area contributed by atoms with Crippen LogP contribution >= 0.6 is 0 Å². The summed E-state index contributed by atoms with van der Waals surface area (Å²) in [4.78, 5) is 30.6. The highest BCUT2D eigenvalue weighted by atomic mass is 16.5. The highest BCUT2D eigenvalue weighted by Gasteiger charge is 2.41. The molecule has 1 fully saturated rings. The SMILES string of the molecule is COc1ccc2c(c1)OC1(CCN(C(=O)c3cncc(O)c3)CC1)CNC2=O. The molecule has 3 heterocycles. The molecule has 0 radical (unpaired) electrons. The van der Waals surface area contributed by atoms with Crippen LogP contribution in [0.5, 0.6) is 17.2 Å². The Balaban J connectivity index is 1.51. The van der Waals surface area contributed by atoms with Crippen LogP contribution < -0.4 is 14.8 Å². The van der Waals surface area contributed by atoms with Gasteiger partial charge in [-0.15, -0.1) is 0 Å². The van der Waals surface area contributed by atoms with Crippen LogP contribution in [-0.2, 0) is 0 Å². The fourth-order valence-electron chi connectivity index (χ4n) is 3.63. The van der Waals surface area contributed by atoms with Crippen molar-refractivity contribution in [2.45, 2.75) is 18.4 Å². The standard InChI is InChI=1S/C20H21N3O5/c1-27-15-2-3-16-17(9-15)28-20(12-22-18(16)25)4-6-23(7-5-20)19(26)13-8-14(24)11-21-10-13/h2-3,8-11,24H,4-7,12H2,1H3,(H,22,25). The first-order valence-corrected chi connectivity index (χ1v) is 9.08. The number of amides is 2. The zero-order chi connectivity index (χ0) is 19.7. The molecule has 0 bridgehead atoms.